The molecule has 3 heteroatoms. The minimum Gasteiger partial charge on any atom is -0.508 e. The van der Waals surface area contributed by atoms with Crippen molar-refractivity contribution in [2.45, 2.75) is 31.9 Å². The van der Waals surface area contributed by atoms with Crippen LogP contribution in [0.3, 0.4) is 0 Å². The molecule has 0 aliphatic rings. The Morgan fingerprint density at radius 1 is 0.808 bits per heavy atom. The Morgan fingerprint density at radius 2 is 1.50 bits per heavy atom. The van der Waals surface area contributed by atoms with Crippen molar-refractivity contribution in [3.05, 3.63) is 90.0 Å². The van der Waals surface area contributed by atoms with Crippen molar-refractivity contribution >= 4 is 0 Å². The predicted molar refractivity (Wildman–Crippen MR) is 103 cm³/mol. The average molecular weight is 350 g/mol. The summed E-state index contributed by atoms with van der Waals surface area (Å²) >= 11 is 0. The van der Waals surface area contributed by atoms with Crippen molar-refractivity contribution in [2.24, 2.45) is 0 Å². The highest BCUT2D eigenvalue weighted by Gasteiger charge is 2.14. The second-order valence-corrected chi connectivity index (χ2v) is 6.53. The Balaban J connectivity index is 1.60. The Labute approximate surface area is 153 Å². The smallest absolute Gasteiger partial charge is 0.127 e. The lowest BCUT2D eigenvalue weighted by Crippen LogP contribution is -1.98. The van der Waals surface area contributed by atoms with Crippen LogP contribution in [-0.2, 0) is 0 Å². The van der Waals surface area contributed by atoms with Crippen LogP contribution in [-0.4, -0.2) is 5.11 Å². The molecule has 0 spiro atoms. The number of para-hydroxylation sites is 1. The van der Waals surface area contributed by atoms with E-state index >= 15 is 0 Å². The standard InChI is InChI=1S/C23H23FO2/c1-17(18-11-13-20(25)14-12-18)10-15-23(24)19-6-5-9-22(16-19)26-21-7-3-2-4-8-21/h2-9,11-14,16-17,23,25H,10,15H2,1H3. The fraction of sp³-hybridized carbons (Fsp3) is 0.217. The van der Waals surface area contributed by atoms with Crippen molar-refractivity contribution in [1.29, 1.82) is 0 Å². The molecular formula is C23H23FO2. The van der Waals surface area contributed by atoms with Crippen molar-refractivity contribution in [2.75, 3.05) is 0 Å². The molecule has 0 fully saturated rings. The van der Waals surface area contributed by atoms with Gasteiger partial charge in [0.2, 0.25) is 0 Å². The molecule has 3 aromatic carbocycles. The Hall–Kier alpha value is -2.81. The van der Waals surface area contributed by atoms with Gasteiger partial charge in [-0.1, -0.05) is 49.4 Å². The number of rotatable bonds is 7. The number of alkyl halides is 1. The van der Waals surface area contributed by atoms with E-state index in [1.165, 1.54) is 0 Å². The molecule has 0 heterocycles. The molecule has 0 aliphatic heterocycles. The lowest BCUT2D eigenvalue weighted by molar-refractivity contribution is 0.309. The second-order valence-electron chi connectivity index (χ2n) is 6.53. The van der Waals surface area contributed by atoms with Gasteiger partial charge in [0.1, 0.15) is 23.4 Å². The summed E-state index contributed by atoms with van der Waals surface area (Å²) in [5.74, 6) is 1.86. The van der Waals surface area contributed by atoms with Crippen molar-refractivity contribution in [1.82, 2.24) is 0 Å². The molecule has 26 heavy (non-hydrogen) atoms. The molecule has 3 rings (SSSR count). The largest absolute Gasteiger partial charge is 0.508 e. The first-order chi connectivity index (χ1) is 12.6. The van der Waals surface area contributed by atoms with Crippen molar-refractivity contribution in [3.8, 4) is 17.2 Å². The molecule has 0 radical (unpaired) electrons. The van der Waals surface area contributed by atoms with Crippen LogP contribution in [0.2, 0.25) is 0 Å². The first-order valence-electron chi connectivity index (χ1n) is 8.87. The zero-order valence-electron chi connectivity index (χ0n) is 14.8. The van der Waals surface area contributed by atoms with Crippen LogP contribution >= 0.6 is 0 Å². The molecule has 2 nitrogen and oxygen atoms in total. The lowest BCUT2D eigenvalue weighted by Gasteiger charge is -2.15. The van der Waals surface area contributed by atoms with Gasteiger partial charge < -0.3 is 9.84 Å². The molecule has 0 amide bonds. The number of hydrogen-bond donors (Lipinski definition) is 1. The molecule has 0 saturated heterocycles. The third-order valence-corrected chi connectivity index (χ3v) is 4.51. The van der Waals surface area contributed by atoms with Crippen LogP contribution in [0, 0.1) is 0 Å². The molecule has 0 saturated carbocycles. The van der Waals surface area contributed by atoms with E-state index in [1.54, 1.807) is 24.3 Å². The van der Waals surface area contributed by atoms with E-state index in [9.17, 15) is 9.50 Å². The van der Waals surface area contributed by atoms with E-state index < -0.39 is 6.17 Å². The van der Waals surface area contributed by atoms with Crippen molar-refractivity contribution < 1.29 is 14.2 Å². The zero-order valence-corrected chi connectivity index (χ0v) is 14.8. The molecule has 1 N–H and O–H groups in total. The molecule has 134 valence electrons. The number of phenolic OH excluding ortho intramolecular Hbond substituents is 1. The van der Waals surface area contributed by atoms with Gasteiger partial charge >= 0.3 is 0 Å². The quantitative estimate of drug-likeness (QED) is 0.509. The number of hydrogen-bond acceptors (Lipinski definition) is 2. The van der Waals surface area contributed by atoms with Crippen LogP contribution in [0.1, 0.15) is 43.0 Å². The van der Waals surface area contributed by atoms with E-state index in [1.807, 2.05) is 54.6 Å². The van der Waals surface area contributed by atoms with Crippen molar-refractivity contribution in [3.63, 3.8) is 0 Å². The van der Waals surface area contributed by atoms with Crippen LogP contribution in [0.4, 0.5) is 4.39 Å². The van der Waals surface area contributed by atoms with Crippen LogP contribution in [0.15, 0.2) is 78.9 Å². The summed E-state index contributed by atoms with van der Waals surface area (Å²) in [6.07, 6.45) is 0.140. The maximum atomic E-state index is 14.7. The van der Waals surface area contributed by atoms with Gasteiger partial charge in [-0.2, -0.15) is 0 Å². The number of ether oxygens (including phenoxy) is 1. The predicted octanol–water partition coefficient (Wildman–Crippen LogP) is 6.78. The molecule has 2 unspecified atom stereocenters. The van der Waals surface area contributed by atoms with Gasteiger partial charge in [-0.3, -0.25) is 0 Å². The Kier molecular flexibility index (Phi) is 5.90. The lowest BCUT2D eigenvalue weighted by atomic mass is 9.93. The van der Waals surface area contributed by atoms with E-state index in [-0.39, 0.29) is 11.7 Å². The Bertz CT molecular complexity index is 815. The topological polar surface area (TPSA) is 29.5 Å². The fourth-order valence-electron chi connectivity index (χ4n) is 2.93. The summed E-state index contributed by atoms with van der Waals surface area (Å²) in [5.41, 5.74) is 1.74. The molecule has 3 aromatic rings. The normalized spacial score (nSPS) is 13.2. The van der Waals surface area contributed by atoms with Gasteiger partial charge in [-0.15, -0.1) is 0 Å². The highest BCUT2D eigenvalue weighted by Crippen LogP contribution is 2.31. The first-order valence-corrected chi connectivity index (χ1v) is 8.87. The zero-order chi connectivity index (χ0) is 18.4. The molecule has 0 bridgehead atoms. The number of phenols is 1. The minimum absolute atomic E-state index is 0.234. The molecular weight excluding hydrogens is 327 g/mol. The van der Waals surface area contributed by atoms with Gasteiger partial charge in [0.15, 0.2) is 0 Å². The highest BCUT2D eigenvalue weighted by atomic mass is 19.1. The number of aromatic hydroxyl groups is 1. The summed E-state index contributed by atoms with van der Waals surface area (Å²) in [6, 6.07) is 23.8. The van der Waals surface area contributed by atoms with Crippen LogP contribution in [0.25, 0.3) is 0 Å². The summed E-state index contributed by atoms with van der Waals surface area (Å²) in [4.78, 5) is 0. The number of benzene rings is 3. The SMILES string of the molecule is CC(CCC(F)c1cccc(Oc2ccccc2)c1)c1ccc(O)cc1. The molecule has 0 aromatic heterocycles. The van der Waals surface area contributed by atoms with Gasteiger partial charge in [-0.25, -0.2) is 4.39 Å². The van der Waals surface area contributed by atoms with Crippen LogP contribution in [0.5, 0.6) is 17.2 Å². The first kappa shape index (κ1) is 18.0. The minimum atomic E-state index is -1.03. The average Bonchev–Trinajstić information content (AvgIpc) is 2.67. The molecule has 2 atom stereocenters. The fourth-order valence-corrected chi connectivity index (χ4v) is 2.93. The maximum absolute atomic E-state index is 14.7. The molecule has 0 aliphatic carbocycles. The summed E-state index contributed by atoms with van der Waals surface area (Å²) in [7, 11) is 0. The third-order valence-electron chi connectivity index (χ3n) is 4.51. The van der Waals surface area contributed by atoms with Crippen LogP contribution < -0.4 is 4.74 Å². The van der Waals surface area contributed by atoms with Gasteiger partial charge in [-0.05, 0) is 66.3 Å². The highest BCUT2D eigenvalue weighted by molar-refractivity contribution is 5.35. The summed E-state index contributed by atoms with van der Waals surface area (Å²) < 4.78 is 20.5. The maximum Gasteiger partial charge on any atom is 0.127 e. The van der Waals surface area contributed by atoms with Gasteiger partial charge in [0.25, 0.3) is 0 Å². The summed E-state index contributed by atoms with van der Waals surface area (Å²) in [5, 5.41) is 9.37. The second kappa shape index (κ2) is 8.52. The van der Waals surface area contributed by atoms with E-state index in [0.29, 0.717) is 17.7 Å². The van der Waals surface area contributed by atoms with E-state index in [0.717, 1.165) is 17.7 Å². The van der Waals surface area contributed by atoms with Gasteiger partial charge in [0, 0.05) is 0 Å². The Morgan fingerprint density at radius 3 is 2.23 bits per heavy atom. The number of halogens is 1. The monoisotopic (exact) mass is 350 g/mol. The van der Waals surface area contributed by atoms with E-state index in [2.05, 4.69) is 6.92 Å². The van der Waals surface area contributed by atoms with Gasteiger partial charge in [0.05, 0.1) is 0 Å². The third kappa shape index (κ3) is 4.85. The van der Waals surface area contributed by atoms with E-state index in [4.69, 9.17) is 4.74 Å². The summed E-state index contributed by atoms with van der Waals surface area (Å²) in [6.45, 7) is 2.08.